The van der Waals surface area contributed by atoms with Crippen molar-refractivity contribution in [3.8, 4) is 11.4 Å². The Hall–Kier alpha value is -3.61. The van der Waals surface area contributed by atoms with Gasteiger partial charge in [-0.05, 0) is 61.7 Å². The number of likely N-dealkylation sites (tertiary alicyclic amines) is 1. The van der Waals surface area contributed by atoms with Gasteiger partial charge in [-0.3, -0.25) is 0 Å². The molecule has 1 atom stereocenters. The smallest absolute Gasteiger partial charge is 0.321 e. The molecule has 0 spiro atoms. The highest BCUT2D eigenvalue weighted by atomic mass is 16.3. The number of urea groups is 1. The molecule has 4 aromatic rings. The molecule has 2 amide bonds. The molecule has 0 bridgehead atoms. The fraction of sp³-hybridized carbons (Fsp3) is 0.261. The third-order valence-corrected chi connectivity index (χ3v) is 5.52. The van der Waals surface area contributed by atoms with Crippen molar-refractivity contribution in [1.29, 1.82) is 0 Å². The second-order valence-electron chi connectivity index (χ2n) is 7.86. The van der Waals surface area contributed by atoms with Crippen molar-refractivity contribution in [3.63, 3.8) is 0 Å². The van der Waals surface area contributed by atoms with Crippen molar-refractivity contribution < 1.29 is 9.21 Å². The van der Waals surface area contributed by atoms with Crippen molar-refractivity contribution in [1.82, 2.24) is 19.4 Å². The molecule has 0 radical (unpaired) electrons. The zero-order valence-electron chi connectivity index (χ0n) is 17.0. The standard InChI is InChI=1S/C23H23N5O2/c1-15-10-16(2)12-18(11-15)25-23(29)27-8-5-19(13-27)28-21(17-6-9-30-14-17)26-20-4-3-7-24-22(20)28/h3-4,6-7,9-12,14,19H,5,8,13H2,1-2H3,(H,25,29)/t19-/m1/s1. The number of pyridine rings is 1. The van der Waals surface area contributed by atoms with E-state index in [1.807, 2.05) is 49.1 Å². The molecule has 0 unspecified atom stereocenters. The lowest BCUT2D eigenvalue weighted by atomic mass is 10.1. The van der Waals surface area contributed by atoms with Crippen LogP contribution >= 0.6 is 0 Å². The van der Waals surface area contributed by atoms with Gasteiger partial charge in [-0.25, -0.2) is 14.8 Å². The van der Waals surface area contributed by atoms with Crippen LogP contribution in [0.2, 0.25) is 0 Å². The summed E-state index contributed by atoms with van der Waals surface area (Å²) in [5.41, 5.74) is 5.67. The molecular weight excluding hydrogens is 378 g/mol. The number of fused-ring (bicyclic) bond motifs is 1. The van der Waals surface area contributed by atoms with Crippen LogP contribution in [0.5, 0.6) is 0 Å². The minimum absolute atomic E-state index is 0.0789. The topological polar surface area (TPSA) is 76.2 Å². The van der Waals surface area contributed by atoms with Crippen LogP contribution in [0.4, 0.5) is 10.5 Å². The number of nitrogens with zero attached hydrogens (tertiary/aromatic N) is 4. The zero-order chi connectivity index (χ0) is 20.7. The summed E-state index contributed by atoms with van der Waals surface area (Å²) in [6.07, 6.45) is 5.95. The van der Waals surface area contributed by atoms with Crippen LogP contribution in [0.25, 0.3) is 22.6 Å². The Labute approximate surface area is 174 Å². The molecule has 1 aliphatic heterocycles. The molecule has 1 N–H and O–H groups in total. The van der Waals surface area contributed by atoms with Gasteiger partial charge in [0.25, 0.3) is 0 Å². The molecule has 3 aromatic heterocycles. The van der Waals surface area contributed by atoms with E-state index in [0.717, 1.165) is 45.8 Å². The van der Waals surface area contributed by atoms with E-state index in [4.69, 9.17) is 9.40 Å². The first-order valence-corrected chi connectivity index (χ1v) is 10.1. The summed E-state index contributed by atoms with van der Waals surface area (Å²) in [6.45, 7) is 5.34. The molecule has 1 saturated heterocycles. The summed E-state index contributed by atoms with van der Waals surface area (Å²) in [6, 6.07) is 11.8. The van der Waals surface area contributed by atoms with Gasteiger partial charge in [-0.2, -0.15) is 0 Å². The molecule has 4 heterocycles. The van der Waals surface area contributed by atoms with Gasteiger partial charge in [0.05, 0.1) is 17.9 Å². The molecule has 30 heavy (non-hydrogen) atoms. The maximum Gasteiger partial charge on any atom is 0.321 e. The average molecular weight is 401 g/mol. The molecule has 1 fully saturated rings. The molecular formula is C23H23N5O2. The molecule has 1 aromatic carbocycles. The highest BCUT2D eigenvalue weighted by Gasteiger charge is 2.31. The predicted molar refractivity (Wildman–Crippen MR) is 115 cm³/mol. The van der Waals surface area contributed by atoms with Gasteiger partial charge in [0.1, 0.15) is 17.6 Å². The number of imidazole rings is 1. The number of aryl methyl sites for hydroxylation is 2. The summed E-state index contributed by atoms with van der Waals surface area (Å²) >= 11 is 0. The van der Waals surface area contributed by atoms with Crippen LogP contribution in [0.3, 0.4) is 0 Å². The van der Waals surface area contributed by atoms with Crippen molar-refractivity contribution in [3.05, 3.63) is 66.2 Å². The monoisotopic (exact) mass is 401 g/mol. The van der Waals surface area contributed by atoms with E-state index in [-0.39, 0.29) is 12.1 Å². The van der Waals surface area contributed by atoms with Crippen molar-refractivity contribution in [2.24, 2.45) is 0 Å². The number of hydrogen-bond acceptors (Lipinski definition) is 4. The van der Waals surface area contributed by atoms with Crippen molar-refractivity contribution in [2.75, 3.05) is 18.4 Å². The number of hydrogen-bond donors (Lipinski definition) is 1. The number of furan rings is 1. The van der Waals surface area contributed by atoms with Crippen molar-refractivity contribution >= 4 is 22.9 Å². The second-order valence-corrected chi connectivity index (χ2v) is 7.86. The minimum Gasteiger partial charge on any atom is -0.472 e. The summed E-state index contributed by atoms with van der Waals surface area (Å²) in [5.74, 6) is 0.819. The fourth-order valence-corrected chi connectivity index (χ4v) is 4.26. The molecule has 1 aliphatic rings. The predicted octanol–water partition coefficient (Wildman–Crippen LogP) is 4.79. The Morgan fingerprint density at radius 1 is 1.20 bits per heavy atom. The lowest BCUT2D eigenvalue weighted by Gasteiger charge is -2.19. The average Bonchev–Trinajstić information content (AvgIpc) is 3.45. The lowest BCUT2D eigenvalue weighted by molar-refractivity contribution is 0.221. The highest BCUT2D eigenvalue weighted by molar-refractivity contribution is 5.89. The zero-order valence-corrected chi connectivity index (χ0v) is 17.0. The highest BCUT2D eigenvalue weighted by Crippen LogP contribution is 2.32. The Bertz CT molecular complexity index is 1190. The third-order valence-electron chi connectivity index (χ3n) is 5.52. The van der Waals surface area contributed by atoms with Crippen LogP contribution in [0.1, 0.15) is 23.6 Å². The Kier molecular flexibility index (Phi) is 4.50. The summed E-state index contributed by atoms with van der Waals surface area (Å²) in [5, 5.41) is 3.04. The van der Waals surface area contributed by atoms with E-state index in [1.54, 1.807) is 18.7 Å². The Morgan fingerprint density at radius 3 is 2.80 bits per heavy atom. The van der Waals surface area contributed by atoms with E-state index in [0.29, 0.717) is 13.1 Å². The van der Waals surface area contributed by atoms with Crippen LogP contribution in [-0.2, 0) is 0 Å². The first kappa shape index (κ1) is 18.4. The second kappa shape index (κ2) is 7.33. The molecule has 7 heteroatoms. The molecule has 5 rings (SSSR count). The van der Waals surface area contributed by atoms with Gasteiger partial charge in [0, 0.05) is 25.0 Å². The maximum atomic E-state index is 12.9. The van der Waals surface area contributed by atoms with Crippen LogP contribution in [-0.4, -0.2) is 38.6 Å². The Morgan fingerprint density at radius 2 is 2.03 bits per heavy atom. The number of aromatic nitrogens is 3. The quantitative estimate of drug-likeness (QED) is 0.536. The van der Waals surface area contributed by atoms with Gasteiger partial charge in [-0.1, -0.05) is 6.07 Å². The summed E-state index contributed by atoms with van der Waals surface area (Å²) in [7, 11) is 0. The number of carbonyl (C=O) groups excluding carboxylic acids is 1. The van der Waals surface area contributed by atoms with Gasteiger partial charge in [-0.15, -0.1) is 0 Å². The van der Waals surface area contributed by atoms with E-state index in [2.05, 4.69) is 20.9 Å². The summed E-state index contributed by atoms with van der Waals surface area (Å²) < 4.78 is 7.42. The number of benzene rings is 1. The van der Waals surface area contributed by atoms with E-state index in [9.17, 15) is 4.79 Å². The fourth-order valence-electron chi connectivity index (χ4n) is 4.26. The SMILES string of the molecule is Cc1cc(C)cc(NC(=O)N2CC[C@@H](n3c(-c4ccoc4)nc4cccnc43)C2)c1. The number of anilines is 1. The maximum absolute atomic E-state index is 12.9. The number of rotatable bonds is 3. The first-order chi connectivity index (χ1) is 14.6. The van der Waals surface area contributed by atoms with Crippen molar-refractivity contribution in [2.45, 2.75) is 26.3 Å². The largest absolute Gasteiger partial charge is 0.472 e. The van der Waals surface area contributed by atoms with Crippen LogP contribution in [0, 0.1) is 13.8 Å². The number of amides is 2. The van der Waals surface area contributed by atoms with Gasteiger partial charge < -0.3 is 19.2 Å². The third kappa shape index (κ3) is 3.32. The molecule has 7 nitrogen and oxygen atoms in total. The van der Waals surface area contributed by atoms with Gasteiger partial charge in [0.15, 0.2) is 5.65 Å². The van der Waals surface area contributed by atoms with Crippen LogP contribution < -0.4 is 5.32 Å². The summed E-state index contributed by atoms with van der Waals surface area (Å²) in [4.78, 5) is 24.1. The van der Waals surface area contributed by atoms with E-state index < -0.39 is 0 Å². The minimum atomic E-state index is -0.0789. The molecule has 0 saturated carbocycles. The van der Waals surface area contributed by atoms with Gasteiger partial charge >= 0.3 is 6.03 Å². The van der Waals surface area contributed by atoms with Crippen LogP contribution in [0.15, 0.2) is 59.5 Å². The van der Waals surface area contributed by atoms with Gasteiger partial charge in [0.2, 0.25) is 0 Å². The first-order valence-electron chi connectivity index (χ1n) is 10.1. The lowest BCUT2D eigenvalue weighted by Crippen LogP contribution is -2.33. The van der Waals surface area contributed by atoms with E-state index in [1.165, 1.54) is 0 Å². The normalized spacial score (nSPS) is 16.3. The number of carbonyl (C=O) groups is 1. The Balaban J connectivity index is 1.41. The molecule has 152 valence electrons. The number of nitrogens with one attached hydrogen (secondary N) is 1. The van der Waals surface area contributed by atoms with E-state index >= 15 is 0 Å². The molecule has 0 aliphatic carbocycles.